The van der Waals surface area contributed by atoms with Crippen molar-refractivity contribution in [1.29, 1.82) is 0 Å². The Morgan fingerprint density at radius 2 is 1.86 bits per heavy atom. The van der Waals surface area contributed by atoms with Crippen LogP contribution in [0.4, 0.5) is 5.95 Å². The van der Waals surface area contributed by atoms with Crippen LogP contribution in [-0.2, 0) is 0 Å². The van der Waals surface area contributed by atoms with Crippen LogP contribution in [0.5, 0.6) is 0 Å². The predicted molar refractivity (Wildman–Crippen MR) is 65.8 cm³/mol. The second-order valence-corrected chi connectivity index (χ2v) is 5.23. The summed E-state index contributed by atoms with van der Waals surface area (Å²) in [4.78, 5) is 10.8. The molecule has 14 heavy (non-hydrogen) atoms. The van der Waals surface area contributed by atoms with E-state index in [1.807, 2.05) is 12.4 Å². The standard InChI is InChI=1S/C9H11ClIN3/c10-7-1-3-14(4-2-7)9-12-5-8(11)6-13-9/h5-7H,1-4H2. The van der Waals surface area contributed by atoms with E-state index in [4.69, 9.17) is 11.6 Å². The lowest BCUT2D eigenvalue weighted by molar-refractivity contribution is 0.575. The van der Waals surface area contributed by atoms with Gasteiger partial charge in [0.2, 0.25) is 5.95 Å². The van der Waals surface area contributed by atoms with Gasteiger partial charge >= 0.3 is 0 Å². The molecule has 1 saturated heterocycles. The molecule has 0 N–H and O–H groups in total. The second kappa shape index (κ2) is 4.61. The summed E-state index contributed by atoms with van der Waals surface area (Å²) < 4.78 is 1.07. The molecule has 1 aromatic heterocycles. The van der Waals surface area contributed by atoms with Gasteiger partial charge in [-0.05, 0) is 35.4 Å². The topological polar surface area (TPSA) is 29.0 Å². The van der Waals surface area contributed by atoms with E-state index in [0.29, 0.717) is 5.38 Å². The number of hydrogen-bond donors (Lipinski definition) is 0. The first kappa shape index (κ1) is 10.4. The zero-order valence-corrected chi connectivity index (χ0v) is 10.6. The summed E-state index contributed by atoms with van der Waals surface area (Å²) in [5, 5.41) is 0.329. The number of piperidine rings is 1. The maximum absolute atomic E-state index is 6.03. The van der Waals surface area contributed by atoms with Crippen molar-refractivity contribution in [3.05, 3.63) is 16.0 Å². The lowest BCUT2D eigenvalue weighted by atomic mass is 10.1. The molecule has 0 radical (unpaired) electrons. The summed E-state index contributed by atoms with van der Waals surface area (Å²) >= 11 is 8.23. The number of anilines is 1. The minimum atomic E-state index is 0.329. The Morgan fingerprint density at radius 3 is 2.43 bits per heavy atom. The smallest absolute Gasteiger partial charge is 0.225 e. The molecule has 0 bridgehead atoms. The Kier molecular flexibility index (Phi) is 3.43. The average Bonchev–Trinajstić information content (AvgIpc) is 2.21. The zero-order chi connectivity index (χ0) is 9.97. The summed E-state index contributed by atoms with van der Waals surface area (Å²) in [5.74, 6) is 0.828. The molecule has 0 saturated carbocycles. The molecule has 3 nitrogen and oxygen atoms in total. The molecule has 0 aromatic carbocycles. The molecule has 0 unspecified atom stereocenters. The second-order valence-electron chi connectivity index (χ2n) is 3.36. The van der Waals surface area contributed by atoms with Gasteiger partial charge in [0.1, 0.15) is 0 Å². The van der Waals surface area contributed by atoms with Crippen molar-refractivity contribution in [2.45, 2.75) is 18.2 Å². The quantitative estimate of drug-likeness (QED) is 0.586. The van der Waals surface area contributed by atoms with E-state index in [9.17, 15) is 0 Å². The van der Waals surface area contributed by atoms with E-state index in [2.05, 4.69) is 37.5 Å². The molecule has 5 heteroatoms. The van der Waals surface area contributed by atoms with E-state index in [1.165, 1.54) is 0 Å². The van der Waals surface area contributed by atoms with Gasteiger partial charge in [0, 0.05) is 34.4 Å². The normalized spacial score (nSPS) is 18.6. The van der Waals surface area contributed by atoms with Crippen molar-refractivity contribution in [3.8, 4) is 0 Å². The van der Waals surface area contributed by atoms with Gasteiger partial charge in [0.05, 0.1) is 0 Å². The Bertz CT molecular complexity index is 295. The van der Waals surface area contributed by atoms with Gasteiger partial charge < -0.3 is 4.90 Å². The lowest BCUT2D eigenvalue weighted by Gasteiger charge is -2.29. The Morgan fingerprint density at radius 1 is 1.29 bits per heavy atom. The van der Waals surface area contributed by atoms with Crippen molar-refractivity contribution in [3.63, 3.8) is 0 Å². The molecule has 0 spiro atoms. The largest absolute Gasteiger partial charge is 0.341 e. The molecule has 76 valence electrons. The van der Waals surface area contributed by atoms with Crippen molar-refractivity contribution in [2.75, 3.05) is 18.0 Å². The minimum Gasteiger partial charge on any atom is -0.341 e. The van der Waals surface area contributed by atoms with E-state index in [0.717, 1.165) is 35.4 Å². The number of halogens is 2. The number of hydrogen-bond acceptors (Lipinski definition) is 3. The summed E-state index contributed by atoms with van der Waals surface area (Å²) in [5.41, 5.74) is 0. The first-order valence-corrected chi connectivity index (χ1v) is 6.14. The first-order chi connectivity index (χ1) is 6.75. The fourth-order valence-electron chi connectivity index (χ4n) is 1.52. The Hall–Kier alpha value is -0.100. The number of nitrogens with zero attached hydrogens (tertiary/aromatic N) is 3. The highest BCUT2D eigenvalue weighted by atomic mass is 127. The van der Waals surface area contributed by atoms with Crippen LogP contribution in [0.15, 0.2) is 12.4 Å². The number of aromatic nitrogens is 2. The molecule has 0 aliphatic carbocycles. The predicted octanol–water partition coefficient (Wildman–Crippen LogP) is 2.29. The highest BCUT2D eigenvalue weighted by molar-refractivity contribution is 14.1. The van der Waals surface area contributed by atoms with Crippen molar-refractivity contribution >= 4 is 40.1 Å². The minimum absolute atomic E-state index is 0.329. The molecule has 1 aliphatic rings. The van der Waals surface area contributed by atoms with E-state index < -0.39 is 0 Å². The van der Waals surface area contributed by atoms with Crippen LogP contribution in [0.3, 0.4) is 0 Å². The van der Waals surface area contributed by atoms with Crippen LogP contribution in [0.2, 0.25) is 0 Å². The molecule has 2 heterocycles. The van der Waals surface area contributed by atoms with Crippen molar-refractivity contribution in [2.24, 2.45) is 0 Å². The van der Waals surface area contributed by atoms with E-state index in [1.54, 1.807) is 0 Å². The van der Waals surface area contributed by atoms with Gasteiger partial charge in [-0.1, -0.05) is 0 Å². The highest BCUT2D eigenvalue weighted by Crippen LogP contribution is 2.19. The van der Waals surface area contributed by atoms with Crippen LogP contribution in [0.25, 0.3) is 0 Å². The summed E-state index contributed by atoms with van der Waals surface area (Å²) in [6.45, 7) is 1.93. The van der Waals surface area contributed by atoms with Gasteiger partial charge in [0.25, 0.3) is 0 Å². The molecule has 1 fully saturated rings. The first-order valence-electron chi connectivity index (χ1n) is 4.62. The summed E-state index contributed by atoms with van der Waals surface area (Å²) in [7, 11) is 0. The van der Waals surface area contributed by atoms with Gasteiger partial charge in [-0.15, -0.1) is 11.6 Å². The van der Waals surface area contributed by atoms with Crippen LogP contribution < -0.4 is 4.90 Å². The molecule has 1 aliphatic heterocycles. The van der Waals surface area contributed by atoms with Gasteiger partial charge in [-0.3, -0.25) is 0 Å². The Labute approximate surface area is 102 Å². The fraction of sp³-hybridized carbons (Fsp3) is 0.556. The van der Waals surface area contributed by atoms with E-state index >= 15 is 0 Å². The van der Waals surface area contributed by atoms with Crippen molar-refractivity contribution in [1.82, 2.24) is 9.97 Å². The maximum Gasteiger partial charge on any atom is 0.225 e. The SMILES string of the molecule is ClC1CCN(c2ncc(I)cn2)CC1. The van der Waals surface area contributed by atoms with Crippen molar-refractivity contribution < 1.29 is 0 Å². The maximum atomic E-state index is 6.03. The summed E-state index contributed by atoms with van der Waals surface area (Å²) in [6.07, 6.45) is 5.74. The monoisotopic (exact) mass is 323 g/mol. The van der Waals surface area contributed by atoms with E-state index in [-0.39, 0.29) is 0 Å². The van der Waals surface area contributed by atoms with Crippen LogP contribution in [0.1, 0.15) is 12.8 Å². The molecule has 1 aromatic rings. The molecular formula is C9H11ClIN3. The van der Waals surface area contributed by atoms with Gasteiger partial charge in [0.15, 0.2) is 0 Å². The third kappa shape index (κ3) is 2.48. The average molecular weight is 324 g/mol. The Balaban J connectivity index is 2.05. The fourth-order valence-corrected chi connectivity index (χ4v) is 1.99. The van der Waals surface area contributed by atoms with Crippen LogP contribution >= 0.6 is 34.2 Å². The molecular weight excluding hydrogens is 312 g/mol. The third-order valence-corrected chi connectivity index (χ3v) is 3.31. The summed E-state index contributed by atoms with van der Waals surface area (Å²) in [6, 6.07) is 0. The van der Waals surface area contributed by atoms with Gasteiger partial charge in [-0.25, -0.2) is 9.97 Å². The lowest BCUT2D eigenvalue weighted by Crippen LogP contribution is -2.35. The molecule has 0 atom stereocenters. The molecule has 2 rings (SSSR count). The molecule has 0 amide bonds. The van der Waals surface area contributed by atoms with Crippen LogP contribution in [0, 0.1) is 3.57 Å². The number of alkyl halides is 1. The van der Waals surface area contributed by atoms with Crippen LogP contribution in [-0.4, -0.2) is 28.4 Å². The third-order valence-electron chi connectivity index (χ3n) is 2.31. The number of rotatable bonds is 1. The van der Waals surface area contributed by atoms with Gasteiger partial charge in [-0.2, -0.15) is 0 Å². The highest BCUT2D eigenvalue weighted by Gasteiger charge is 2.18. The zero-order valence-electron chi connectivity index (χ0n) is 7.66.